The maximum atomic E-state index is 12.7. The molecule has 3 aromatic rings. The fraction of sp³-hybridized carbons (Fsp3) is 0.462. The summed E-state index contributed by atoms with van der Waals surface area (Å²) in [4.78, 5) is 6.30. The van der Waals surface area contributed by atoms with E-state index in [-0.39, 0.29) is 11.3 Å². The van der Waals surface area contributed by atoms with Crippen molar-refractivity contribution in [2.24, 2.45) is 5.92 Å². The first kappa shape index (κ1) is 21.7. The van der Waals surface area contributed by atoms with Crippen LogP contribution in [0, 0.1) is 5.92 Å². The average Bonchev–Trinajstić information content (AvgIpc) is 3.17. The molecule has 6 heteroatoms. The van der Waals surface area contributed by atoms with E-state index < -0.39 is 10.0 Å². The van der Waals surface area contributed by atoms with Crippen LogP contribution in [0.4, 0.5) is 0 Å². The molecule has 170 valence electrons. The molecule has 0 unspecified atom stereocenters. The van der Waals surface area contributed by atoms with Crippen LogP contribution < -0.4 is 4.72 Å². The lowest BCUT2D eigenvalue weighted by atomic mass is 9.71. The topological polar surface area (TPSA) is 65.2 Å². The summed E-state index contributed by atoms with van der Waals surface area (Å²) in [5, 5.41) is 1.39. The van der Waals surface area contributed by atoms with Gasteiger partial charge in [0.05, 0.1) is 4.90 Å². The zero-order valence-electron chi connectivity index (χ0n) is 19.4. The molecule has 32 heavy (non-hydrogen) atoms. The Hall–Kier alpha value is -2.15. The highest BCUT2D eigenvalue weighted by molar-refractivity contribution is 7.89. The van der Waals surface area contributed by atoms with Gasteiger partial charge in [-0.1, -0.05) is 45.0 Å². The first-order valence-corrected chi connectivity index (χ1v) is 13.0. The fourth-order valence-electron chi connectivity index (χ4n) is 5.62. The molecule has 2 aromatic carbocycles. The van der Waals surface area contributed by atoms with Crippen LogP contribution in [0.25, 0.3) is 10.9 Å². The maximum Gasteiger partial charge on any atom is 0.240 e. The van der Waals surface area contributed by atoms with Crippen molar-refractivity contribution in [1.29, 1.82) is 0 Å². The largest absolute Gasteiger partial charge is 0.361 e. The van der Waals surface area contributed by atoms with E-state index in [0.717, 1.165) is 19.4 Å². The second kappa shape index (κ2) is 7.72. The van der Waals surface area contributed by atoms with Crippen LogP contribution in [0.15, 0.2) is 53.6 Å². The Labute approximate surface area is 191 Å². The van der Waals surface area contributed by atoms with Gasteiger partial charge in [-0.05, 0) is 66.1 Å². The first-order valence-electron chi connectivity index (χ1n) is 11.5. The number of likely N-dealkylation sites (N-methyl/N-ethyl adjacent to an activating group) is 1. The summed E-state index contributed by atoms with van der Waals surface area (Å²) < 4.78 is 28.4. The van der Waals surface area contributed by atoms with Gasteiger partial charge in [0, 0.05) is 42.1 Å². The monoisotopic (exact) mass is 451 g/mol. The minimum absolute atomic E-state index is 0.0776. The highest BCUT2D eigenvalue weighted by Gasteiger charge is 2.40. The Kier molecular flexibility index (Phi) is 5.23. The summed E-state index contributed by atoms with van der Waals surface area (Å²) >= 11 is 0. The van der Waals surface area contributed by atoms with Crippen LogP contribution in [0.1, 0.15) is 49.8 Å². The second-order valence-electron chi connectivity index (χ2n) is 10.6. The third kappa shape index (κ3) is 3.78. The number of nitrogens with one attached hydrogen (secondary N) is 2. The number of likely N-dealkylation sites (tertiary alicyclic amines) is 1. The van der Waals surface area contributed by atoms with Crippen molar-refractivity contribution >= 4 is 20.9 Å². The number of benzene rings is 2. The molecule has 1 saturated heterocycles. The quantitative estimate of drug-likeness (QED) is 0.618. The van der Waals surface area contributed by atoms with Gasteiger partial charge in [-0.2, -0.15) is 0 Å². The van der Waals surface area contributed by atoms with Gasteiger partial charge in [0.1, 0.15) is 0 Å². The molecule has 3 atom stereocenters. The van der Waals surface area contributed by atoms with E-state index in [9.17, 15) is 8.42 Å². The molecule has 5 nitrogen and oxygen atoms in total. The molecule has 1 aromatic heterocycles. The second-order valence-corrected chi connectivity index (χ2v) is 12.4. The molecule has 2 heterocycles. The number of fused-ring (bicyclic) bond motifs is 2. The molecule has 0 saturated carbocycles. The number of rotatable bonds is 4. The van der Waals surface area contributed by atoms with E-state index in [2.05, 4.69) is 60.8 Å². The lowest BCUT2D eigenvalue weighted by Crippen LogP contribution is -2.50. The molecule has 1 fully saturated rings. The summed E-state index contributed by atoms with van der Waals surface area (Å²) in [6.07, 6.45) is 4.23. The Bertz CT molecular complexity index is 1240. The van der Waals surface area contributed by atoms with Crippen LogP contribution in [0.2, 0.25) is 0 Å². The third-order valence-electron chi connectivity index (χ3n) is 7.37. The normalized spacial score (nSPS) is 23.9. The van der Waals surface area contributed by atoms with Gasteiger partial charge in [0.25, 0.3) is 0 Å². The predicted molar refractivity (Wildman–Crippen MR) is 130 cm³/mol. The Balaban J connectivity index is 1.44. The summed E-state index contributed by atoms with van der Waals surface area (Å²) in [5.41, 5.74) is 5.50. The van der Waals surface area contributed by atoms with Gasteiger partial charge >= 0.3 is 0 Å². The summed E-state index contributed by atoms with van der Waals surface area (Å²) in [7, 11) is -1.29. The van der Waals surface area contributed by atoms with Crippen LogP contribution in [0.3, 0.4) is 0 Å². The average molecular weight is 452 g/mol. The summed E-state index contributed by atoms with van der Waals surface area (Å²) in [6.45, 7) is 8.16. The lowest BCUT2D eigenvalue weighted by Gasteiger charge is -2.46. The standard InChI is InChI=1S/C26H33N3O2S/c1-26(2,3)19-12-22-21-10-17(14-28-32(30,31)20-8-6-5-7-9-20)16-29(4)24(21)11-18-15-27-23(13-19)25(18)22/h5-9,12-13,15,17,21,24,27-28H,10-11,14,16H2,1-4H3/t17-,21+,24+/m0/s1. The molecule has 1 aliphatic heterocycles. The zero-order valence-corrected chi connectivity index (χ0v) is 20.2. The molecule has 0 bridgehead atoms. The van der Waals surface area contributed by atoms with Gasteiger partial charge in [0.2, 0.25) is 10.0 Å². The third-order valence-corrected chi connectivity index (χ3v) is 8.81. The molecule has 2 N–H and O–H groups in total. The smallest absolute Gasteiger partial charge is 0.240 e. The van der Waals surface area contributed by atoms with E-state index in [4.69, 9.17) is 0 Å². The maximum absolute atomic E-state index is 12.7. The van der Waals surface area contributed by atoms with Crippen LogP contribution in [0.5, 0.6) is 0 Å². The molecule has 0 spiro atoms. The molecular formula is C26H33N3O2S. The first-order chi connectivity index (χ1) is 15.1. The highest BCUT2D eigenvalue weighted by Crippen LogP contribution is 2.45. The van der Waals surface area contributed by atoms with Crippen molar-refractivity contribution in [3.63, 3.8) is 0 Å². The SMILES string of the molecule is CN1C[C@H](CNS(=O)(=O)c2ccccc2)C[C@@H]2c3cc(C(C)(C)C)cc4[nH]cc(c34)C[C@H]21. The van der Waals surface area contributed by atoms with Crippen molar-refractivity contribution < 1.29 is 8.42 Å². The number of aromatic amines is 1. The Morgan fingerprint density at radius 1 is 1.16 bits per heavy atom. The number of hydrogen-bond acceptors (Lipinski definition) is 3. The van der Waals surface area contributed by atoms with Crippen molar-refractivity contribution in [2.75, 3.05) is 20.1 Å². The number of nitrogens with zero attached hydrogens (tertiary/aromatic N) is 1. The van der Waals surface area contributed by atoms with E-state index in [1.165, 1.54) is 27.6 Å². The van der Waals surface area contributed by atoms with Gasteiger partial charge in [0.15, 0.2) is 0 Å². The van der Waals surface area contributed by atoms with E-state index in [1.54, 1.807) is 24.3 Å². The van der Waals surface area contributed by atoms with Crippen LogP contribution >= 0.6 is 0 Å². The van der Waals surface area contributed by atoms with Gasteiger partial charge in [-0.25, -0.2) is 13.1 Å². The molecular weight excluding hydrogens is 418 g/mol. The predicted octanol–water partition coefficient (Wildman–Crippen LogP) is 4.40. The van der Waals surface area contributed by atoms with E-state index >= 15 is 0 Å². The Morgan fingerprint density at radius 2 is 1.91 bits per heavy atom. The lowest BCUT2D eigenvalue weighted by molar-refractivity contribution is 0.113. The van der Waals surface area contributed by atoms with Gasteiger partial charge < -0.3 is 9.88 Å². The van der Waals surface area contributed by atoms with Crippen molar-refractivity contribution in [2.45, 2.75) is 55.9 Å². The van der Waals surface area contributed by atoms with Crippen molar-refractivity contribution in [3.05, 3.63) is 65.4 Å². The molecule has 1 aliphatic carbocycles. The molecule has 0 amide bonds. The van der Waals surface area contributed by atoms with Crippen LogP contribution in [-0.2, 0) is 21.9 Å². The number of hydrogen-bond donors (Lipinski definition) is 2. The minimum atomic E-state index is -3.49. The molecule has 2 aliphatic rings. The van der Waals surface area contributed by atoms with Crippen molar-refractivity contribution in [1.82, 2.24) is 14.6 Å². The Morgan fingerprint density at radius 3 is 2.62 bits per heavy atom. The van der Waals surface area contributed by atoms with Gasteiger partial charge in [-0.15, -0.1) is 0 Å². The van der Waals surface area contributed by atoms with Crippen LogP contribution in [-0.4, -0.2) is 44.5 Å². The number of piperidine rings is 1. The minimum Gasteiger partial charge on any atom is -0.361 e. The summed E-state index contributed by atoms with van der Waals surface area (Å²) in [5.74, 6) is 0.682. The fourth-order valence-corrected chi connectivity index (χ4v) is 6.75. The van der Waals surface area contributed by atoms with Gasteiger partial charge in [-0.3, -0.25) is 0 Å². The number of aromatic nitrogens is 1. The highest BCUT2D eigenvalue weighted by atomic mass is 32.2. The number of sulfonamides is 1. The van der Waals surface area contributed by atoms with E-state index in [0.29, 0.717) is 23.4 Å². The molecule has 0 radical (unpaired) electrons. The molecule has 5 rings (SSSR count). The number of H-pyrrole nitrogens is 1. The zero-order chi connectivity index (χ0) is 22.7. The van der Waals surface area contributed by atoms with E-state index in [1.807, 2.05) is 6.07 Å². The summed E-state index contributed by atoms with van der Waals surface area (Å²) in [6, 6.07) is 13.8. The van der Waals surface area contributed by atoms with Crippen molar-refractivity contribution in [3.8, 4) is 0 Å².